The summed E-state index contributed by atoms with van der Waals surface area (Å²) in [5.41, 5.74) is 1.48. The van der Waals surface area contributed by atoms with Crippen molar-refractivity contribution in [2.24, 2.45) is 28.2 Å². The van der Waals surface area contributed by atoms with Crippen LogP contribution in [0.25, 0.3) is 0 Å². The molecule has 0 aliphatic heterocycles. The molecule has 2 saturated carbocycles. The molecule has 0 radical (unpaired) electrons. The van der Waals surface area contributed by atoms with E-state index in [9.17, 15) is 0 Å². The van der Waals surface area contributed by atoms with E-state index >= 15 is 0 Å². The van der Waals surface area contributed by atoms with Crippen LogP contribution in [0.4, 0.5) is 0 Å². The Bertz CT molecular complexity index is 811. The van der Waals surface area contributed by atoms with Crippen molar-refractivity contribution in [3.8, 4) is 5.75 Å². The number of hydrazone groups is 1. The molecular weight excluding hydrogens is 272 g/mol. The van der Waals surface area contributed by atoms with E-state index in [0.717, 1.165) is 17.7 Å². The van der Waals surface area contributed by atoms with E-state index in [1.807, 2.05) is 13.0 Å². The molecule has 22 heavy (non-hydrogen) atoms. The van der Waals surface area contributed by atoms with Crippen molar-refractivity contribution < 1.29 is 11.6 Å². The third kappa shape index (κ3) is 1.84. The minimum absolute atomic E-state index is 0.0771. The zero-order valence-corrected chi connectivity index (χ0v) is 13.1. The van der Waals surface area contributed by atoms with Gasteiger partial charge in [0, 0.05) is 18.0 Å². The first kappa shape index (κ1) is 9.59. The first-order valence-corrected chi connectivity index (χ1v) is 7.97. The van der Waals surface area contributed by atoms with Gasteiger partial charge in [-0.1, -0.05) is 13.0 Å². The molecule has 3 nitrogen and oxygen atoms in total. The van der Waals surface area contributed by atoms with Gasteiger partial charge in [0.05, 0.1) is 7.11 Å². The molecule has 4 rings (SSSR count). The van der Waals surface area contributed by atoms with Gasteiger partial charge in [0.25, 0.3) is 0 Å². The molecule has 2 fully saturated rings. The highest BCUT2D eigenvalue weighted by Crippen LogP contribution is 2.59. The Labute approximate surface area is 140 Å². The molecule has 0 aromatic heterocycles. The Kier molecular flexibility index (Phi) is 2.18. The van der Waals surface area contributed by atoms with Crippen molar-refractivity contribution in [3.63, 3.8) is 0 Å². The minimum atomic E-state index is -2.17. The fourth-order valence-electron chi connectivity index (χ4n) is 4.67. The predicted octanol–water partition coefficient (Wildman–Crippen LogP) is 3.87. The van der Waals surface area contributed by atoms with E-state index in [-0.39, 0.29) is 11.8 Å². The molecule has 0 saturated heterocycles. The fraction of sp³-hybridized carbons (Fsp3) is 0.632. The molecule has 3 heteroatoms. The Morgan fingerprint density at radius 3 is 3.09 bits per heavy atom. The van der Waals surface area contributed by atoms with Crippen LogP contribution in [-0.4, -0.2) is 12.8 Å². The predicted molar refractivity (Wildman–Crippen MR) is 89.2 cm³/mol. The molecule has 0 amide bonds. The smallest absolute Gasteiger partial charge is 0.119 e. The molecule has 5 atom stereocenters. The second-order valence-corrected chi connectivity index (χ2v) is 6.85. The second-order valence-electron chi connectivity index (χ2n) is 6.85. The average Bonchev–Trinajstić information content (AvgIpc) is 2.94. The Morgan fingerprint density at radius 2 is 2.32 bits per heavy atom. The molecule has 1 aromatic carbocycles. The van der Waals surface area contributed by atoms with Crippen LogP contribution >= 0.6 is 0 Å². The SMILES string of the molecule is [2H]C1C[C@]2(C)/C(=N/N)CC[C@H]2[C@H]2[C@H]1c1ccc(OC)cc1C([2H])([2H])C2([2H])[2H]. The van der Waals surface area contributed by atoms with Gasteiger partial charge >= 0.3 is 0 Å². The van der Waals surface area contributed by atoms with Crippen LogP contribution in [0, 0.1) is 17.3 Å². The fourth-order valence-corrected chi connectivity index (χ4v) is 4.67. The molecule has 1 unspecified atom stereocenters. The largest absolute Gasteiger partial charge is 0.497 e. The summed E-state index contributed by atoms with van der Waals surface area (Å²) in [6, 6.07) is 5.22. The van der Waals surface area contributed by atoms with Crippen molar-refractivity contribution in [1.82, 2.24) is 0 Å². The number of fused-ring (bicyclic) bond motifs is 5. The number of nitrogens with two attached hydrogens (primary N) is 1. The van der Waals surface area contributed by atoms with Crippen LogP contribution in [0.3, 0.4) is 0 Å². The quantitative estimate of drug-likeness (QED) is 0.632. The van der Waals surface area contributed by atoms with E-state index in [2.05, 4.69) is 5.10 Å². The van der Waals surface area contributed by atoms with Gasteiger partial charge < -0.3 is 10.6 Å². The van der Waals surface area contributed by atoms with Gasteiger partial charge in [0.15, 0.2) is 0 Å². The van der Waals surface area contributed by atoms with E-state index in [1.54, 1.807) is 12.1 Å². The number of benzene rings is 1. The summed E-state index contributed by atoms with van der Waals surface area (Å²) in [5, 5.41) is 3.97. The lowest BCUT2D eigenvalue weighted by atomic mass is 9.55. The Balaban J connectivity index is 1.94. The van der Waals surface area contributed by atoms with E-state index in [1.165, 1.54) is 7.11 Å². The number of methoxy groups -OCH3 is 1. The number of hydrogen-bond acceptors (Lipinski definition) is 3. The third-order valence-corrected chi connectivity index (χ3v) is 5.93. The highest BCUT2D eigenvalue weighted by molar-refractivity contribution is 5.92. The third-order valence-electron chi connectivity index (χ3n) is 5.93. The van der Waals surface area contributed by atoms with Crippen molar-refractivity contribution in [3.05, 3.63) is 29.3 Å². The lowest BCUT2D eigenvalue weighted by Gasteiger charge is -2.49. The minimum Gasteiger partial charge on any atom is -0.497 e. The summed E-state index contributed by atoms with van der Waals surface area (Å²) in [4.78, 5) is 0. The molecule has 1 aromatic rings. The van der Waals surface area contributed by atoms with Crippen LogP contribution in [0.2, 0.25) is 0 Å². The maximum atomic E-state index is 8.86. The number of nitrogens with zero attached hydrogens (tertiary/aromatic N) is 1. The molecule has 3 aliphatic carbocycles. The van der Waals surface area contributed by atoms with Crippen molar-refractivity contribution in [1.29, 1.82) is 0 Å². The van der Waals surface area contributed by atoms with Gasteiger partial charge in [-0.3, -0.25) is 0 Å². The molecular formula is C19H26N2O. The molecule has 118 valence electrons. The van der Waals surface area contributed by atoms with Crippen LogP contribution in [0.5, 0.6) is 5.75 Å². The first-order valence-electron chi connectivity index (χ1n) is 10.5. The average molecular weight is 303 g/mol. The normalized spacial score (nSPS) is 49.5. The zero-order chi connectivity index (χ0) is 19.8. The Morgan fingerprint density at radius 1 is 1.45 bits per heavy atom. The maximum Gasteiger partial charge on any atom is 0.119 e. The highest BCUT2D eigenvalue weighted by Gasteiger charge is 2.53. The van der Waals surface area contributed by atoms with Crippen molar-refractivity contribution in [2.75, 3.05) is 7.11 Å². The summed E-state index contributed by atoms with van der Waals surface area (Å²) in [7, 11) is 1.52. The zero-order valence-electron chi connectivity index (χ0n) is 18.1. The summed E-state index contributed by atoms with van der Waals surface area (Å²) in [6.07, 6.45) is -2.81. The van der Waals surface area contributed by atoms with Gasteiger partial charge in [-0.25, -0.2) is 0 Å². The molecule has 0 bridgehead atoms. The van der Waals surface area contributed by atoms with E-state index in [4.69, 9.17) is 17.4 Å². The number of rotatable bonds is 1. The molecule has 0 spiro atoms. The number of aryl methyl sites for hydroxylation is 1. The van der Waals surface area contributed by atoms with Crippen LogP contribution in [0.1, 0.15) is 62.9 Å². The Hall–Kier alpha value is -1.51. The number of hydrogen-bond donors (Lipinski definition) is 1. The standard InChI is InChI=1S/C19H26N2O/c1-19-10-9-15-14-6-4-13(22-2)11-12(14)3-5-16(15)17(19)7-8-18(19)21-20/h4,6,11,15-17H,3,5,7-10,20H2,1-2H3/b21-18+/t15-,16-,17+,19+/m1/s1/i3D2,5D2,9D/t9?,15-,16-,17+,19+. The summed E-state index contributed by atoms with van der Waals surface area (Å²) >= 11 is 0. The number of ether oxygens (including phenoxy) is 1. The van der Waals surface area contributed by atoms with E-state index in [0.29, 0.717) is 24.2 Å². The van der Waals surface area contributed by atoms with Gasteiger partial charge in [-0.15, -0.1) is 0 Å². The van der Waals surface area contributed by atoms with Crippen LogP contribution < -0.4 is 10.6 Å². The lowest BCUT2D eigenvalue weighted by molar-refractivity contribution is 0.0955. The maximum absolute atomic E-state index is 8.86. The van der Waals surface area contributed by atoms with Crippen LogP contribution in [-0.2, 0) is 6.37 Å². The monoisotopic (exact) mass is 303 g/mol. The summed E-state index contributed by atoms with van der Waals surface area (Å²) < 4.78 is 49.2. The van der Waals surface area contributed by atoms with Gasteiger partial charge in [-0.05, 0) is 79.4 Å². The molecule has 0 heterocycles. The van der Waals surface area contributed by atoms with Gasteiger partial charge in [0.1, 0.15) is 5.75 Å². The van der Waals surface area contributed by atoms with Crippen LogP contribution in [0.15, 0.2) is 23.3 Å². The lowest BCUT2D eigenvalue weighted by Crippen LogP contribution is -2.42. The van der Waals surface area contributed by atoms with Crippen molar-refractivity contribution in [2.45, 2.75) is 51.2 Å². The second kappa shape index (κ2) is 5.00. The molecule has 2 N–H and O–H groups in total. The highest BCUT2D eigenvalue weighted by atomic mass is 16.5. The van der Waals surface area contributed by atoms with E-state index < -0.39 is 30.5 Å². The topological polar surface area (TPSA) is 47.6 Å². The van der Waals surface area contributed by atoms with Gasteiger partial charge in [0.2, 0.25) is 0 Å². The molecule has 3 aliphatic rings. The van der Waals surface area contributed by atoms with Crippen molar-refractivity contribution >= 4 is 5.71 Å². The van der Waals surface area contributed by atoms with Gasteiger partial charge in [-0.2, -0.15) is 5.10 Å². The first-order chi connectivity index (χ1) is 12.6. The summed E-state index contributed by atoms with van der Waals surface area (Å²) in [6.45, 7) is 2.03. The summed E-state index contributed by atoms with van der Waals surface area (Å²) in [5.74, 6) is 5.11.